The lowest BCUT2D eigenvalue weighted by Crippen LogP contribution is -2.33. The summed E-state index contributed by atoms with van der Waals surface area (Å²) in [6, 6.07) is 29.4. The Morgan fingerprint density at radius 2 is 1.43 bits per heavy atom. The minimum Gasteiger partial charge on any atom is -0.383 e. The quantitative estimate of drug-likeness (QED) is 0.395. The van der Waals surface area contributed by atoms with Crippen molar-refractivity contribution in [1.82, 2.24) is 4.72 Å². The average molecular weight is 437 g/mol. The van der Waals surface area contributed by atoms with E-state index in [1.54, 1.807) is 12.1 Å². The molecule has 0 spiro atoms. The minimum absolute atomic E-state index is 0.179. The van der Waals surface area contributed by atoms with E-state index in [4.69, 9.17) is 11.6 Å². The summed E-state index contributed by atoms with van der Waals surface area (Å²) in [6.07, 6.45) is 0. The molecule has 0 saturated heterocycles. The Morgan fingerprint density at radius 1 is 0.767 bits per heavy atom. The maximum absolute atomic E-state index is 13.0. The number of anilines is 1. The first-order valence-corrected chi connectivity index (χ1v) is 11.4. The average Bonchev–Trinajstić information content (AvgIpc) is 2.77. The van der Waals surface area contributed by atoms with Gasteiger partial charge in [0.1, 0.15) is 0 Å². The molecule has 0 amide bonds. The van der Waals surface area contributed by atoms with Crippen LogP contribution in [-0.4, -0.2) is 15.0 Å². The van der Waals surface area contributed by atoms with Crippen molar-refractivity contribution in [3.63, 3.8) is 0 Å². The second-order valence-electron chi connectivity index (χ2n) is 6.95. The maximum Gasteiger partial charge on any atom is 0.241 e. The van der Waals surface area contributed by atoms with Crippen LogP contribution in [0.3, 0.4) is 0 Å². The topological polar surface area (TPSA) is 58.2 Å². The zero-order valence-corrected chi connectivity index (χ0v) is 17.7. The molecule has 0 aromatic heterocycles. The summed E-state index contributed by atoms with van der Waals surface area (Å²) < 4.78 is 28.8. The van der Waals surface area contributed by atoms with Crippen molar-refractivity contribution in [3.05, 3.63) is 108 Å². The molecule has 0 unspecified atom stereocenters. The molecule has 0 radical (unpaired) electrons. The van der Waals surface area contributed by atoms with Gasteiger partial charge in [-0.25, -0.2) is 13.1 Å². The molecule has 0 heterocycles. The summed E-state index contributed by atoms with van der Waals surface area (Å²) in [5, 5.41) is 6.13. The molecule has 0 aliphatic heterocycles. The van der Waals surface area contributed by atoms with E-state index in [-0.39, 0.29) is 4.90 Å². The Balaban J connectivity index is 1.61. The van der Waals surface area contributed by atoms with E-state index in [0.717, 1.165) is 22.0 Å². The van der Waals surface area contributed by atoms with E-state index in [9.17, 15) is 8.42 Å². The van der Waals surface area contributed by atoms with Gasteiger partial charge in [0.05, 0.1) is 10.9 Å². The molecule has 30 heavy (non-hydrogen) atoms. The second kappa shape index (κ2) is 8.88. The lowest BCUT2D eigenvalue weighted by Gasteiger charge is -2.21. The highest BCUT2D eigenvalue weighted by atomic mass is 35.5. The van der Waals surface area contributed by atoms with Crippen LogP contribution in [0, 0.1) is 0 Å². The number of benzene rings is 4. The number of nitrogens with one attached hydrogen (secondary N) is 2. The number of fused-ring (bicyclic) bond motifs is 1. The summed E-state index contributed by atoms with van der Waals surface area (Å²) in [6.45, 7) is 0.394. The fourth-order valence-electron chi connectivity index (χ4n) is 3.37. The van der Waals surface area contributed by atoms with Crippen molar-refractivity contribution in [3.8, 4) is 0 Å². The van der Waals surface area contributed by atoms with Crippen LogP contribution < -0.4 is 10.0 Å². The Morgan fingerprint density at radius 3 is 2.20 bits per heavy atom. The Kier molecular flexibility index (Phi) is 6.04. The van der Waals surface area contributed by atoms with Crippen LogP contribution in [0.1, 0.15) is 11.6 Å². The van der Waals surface area contributed by atoms with Crippen LogP contribution in [0.15, 0.2) is 102 Å². The first-order valence-electron chi connectivity index (χ1n) is 9.57. The standard InChI is InChI=1S/C24H21ClN2O2S/c25-20-13-15-21(16-14-20)30(28,29)27-24(19-8-2-1-3-9-19)17-26-23-12-6-10-18-7-4-5-11-22(18)23/h1-16,24,26-27H,17H2/t24-/m1/s1. The third-order valence-electron chi connectivity index (χ3n) is 4.91. The van der Waals surface area contributed by atoms with Gasteiger partial charge < -0.3 is 5.32 Å². The Labute approximate surface area is 181 Å². The van der Waals surface area contributed by atoms with E-state index in [1.807, 2.05) is 60.7 Å². The van der Waals surface area contributed by atoms with Crippen molar-refractivity contribution in [2.24, 2.45) is 0 Å². The molecular weight excluding hydrogens is 416 g/mol. The van der Waals surface area contributed by atoms with Gasteiger partial charge in [-0.2, -0.15) is 0 Å². The van der Waals surface area contributed by atoms with Gasteiger partial charge in [-0.15, -0.1) is 0 Å². The van der Waals surface area contributed by atoms with Gasteiger partial charge in [-0.05, 0) is 41.3 Å². The molecule has 0 saturated carbocycles. The van der Waals surface area contributed by atoms with Gasteiger partial charge in [0, 0.05) is 22.6 Å². The van der Waals surface area contributed by atoms with Crippen LogP contribution in [0.4, 0.5) is 5.69 Å². The minimum atomic E-state index is -3.72. The Hall–Kier alpha value is -2.86. The lowest BCUT2D eigenvalue weighted by molar-refractivity contribution is 0.562. The van der Waals surface area contributed by atoms with Gasteiger partial charge in [0.2, 0.25) is 10.0 Å². The second-order valence-corrected chi connectivity index (χ2v) is 9.10. The van der Waals surface area contributed by atoms with Gasteiger partial charge in [0.25, 0.3) is 0 Å². The first-order chi connectivity index (χ1) is 14.5. The van der Waals surface area contributed by atoms with E-state index < -0.39 is 16.1 Å². The van der Waals surface area contributed by atoms with Gasteiger partial charge >= 0.3 is 0 Å². The van der Waals surface area contributed by atoms with Crippen molar-refractivity contribution in [2.45, 2.75) is 10.9 Å². The normalized spacial score (nSPS) is 12.6. The third-order valence-corrected chi connectivity index (χ3v) is 6.65. The third kappa shape index (κ3) is 4.65. The molecule has 4 aromatic carbocycles. The lowest BCUT2D eigenvalue weighted by atomic mass is 10.1. The van der Waals surface area contributed by atoms with Crippen LogP contribution in [0.25, 0.3) is 10.8 Å². The molecule has 0 fully saturated rings. The molecule has 0 bridgehead atoms. The summed E-state index contributed by atoms with van der Waals surface area (Å²) >= 11 is 5.90. The van der Waals surface area contributed by atoms with Crippen LogP contribution >= 0.6 is 11.6 Å². The van der Waals surface area contributed by atoms with Crippen molar-refractivity contribution >= 4 is 38.1 Å². The zero-order chi connectivity index (χ0) is 21.0. The predicted molar refractivity (Wildman–Crippen MR) is 123 cm³/mol. The van der Waals surface area contributed by atoms with Crippen LogP contribution in [0.5, 0.6) is 0 Å². The monoisotopic (exact) mass is 436 g/mol. The molecule has 4 nitrogen and oxygen atoms in total. The van der Waals surface area contributed by atoms with Crippen molar-refractivity contribution in [2.75, 3.05) is 11.9 Å². The highest BCUT2D eigenvalue weighted by molar-refractivity contribution is 7.89. The number of rotatable bonds is 7. The largest absolute Gasteiger partial charge is 0.383 e. The molecular formula is C24H21ClN2O2S. The molecule has 6 heteroatoms. The van der Waals surface area contributed by atoms with Crippen LogP contribution in [-0.2, 0) is 10.0 Å². The highest BCUT2D eigenvalue weighted by Gasteiger charge is 2.21. The summed E-state index contributed by atoms with van der Waals surface area (Å²) in [4.78, 5) is 0.179. The molecule has 152 valence electrons. The summed E-state index contributed by atoms with van der Waals surface area (Å²) in [7, 11) is -3.72. The number of halogens is 1. The first kappa shape index (κ1) is 20.4. The number of hydrogen-bond donors (Lipinski definition) is 2. The molecule has 0 aliphatic rings. The summed E-state index contributed by atoms with van der Waals surface area (Å²) in [5.74, 6) is 0. The fourth-order valence-corrected chi connectivity index (χ4v) is 4.72. The van der Waals surface area contributed by atoms with E-state index >= 15 is 0 Å². The number of sulfonamides is 1. The Bertz CT molecular complexity index is 1240. The smallest absolute Gasteiger partial charge is 0.241 e. The highest BCUT2D eigenvalue weighted by Crippen LogP contribution is 2.25. The van der Waals surface area contributed by atoms with Gasteiger partial charge in [-0.3, -0.25) is 0 Å². The molecule has 0 aliphatic carbocycles. The van der Waals surface area contributed by atoms with Crippen molar-refractivity contribution < 1.29 is 8.42 Å². The summed E-state index contributed by atoms with van der Waals surface area (Å²) in [5.41, 5.74) is 1.84. The molecule has 1 atom stereocenters. The number of hydrogen-bond acceptors (Lipinski definition) is 3. The van der Waals surface area contributed by atoms with Crippen molar-refractivity contribution in [1.29, 1.82) is 0 Å². The molecule has 4 aromatic rings. The van der Waals surface area contributed by atoms with Gasteiger partial charge in [-0.1, -0.05) is 78.3 Å². The zero-order valence-electron chi connectivity index (χ0n) is 16.1. The van der Waals surface area contributed by atoms with E-state index in [0.29, 0.717) is 11.6 Å². The maximum atomic E-state index is 13.0. The van der Waals surface area contributed by atoms with E-state index in [1.165, 1.54) is 12.1 Å². The fraction of sp³-hybridized carbons (Fsp3) is 0.0833. The van der Waals surface area contributed by atoms with E-state index in [2.05, 4.69) is 22.2 Å². The van der Waals surface area contributed by atoms with Crippen LogP contribution in [0.2, 0.25) is 5.02 Å². The SMILES string of the molecule is O=S(=O)(N[C@H](CNc1cccc2ccccc12)c1ccccc1)c1ccc(Cl)cc1. The van der Waals surface area contributed by atoms with Gasteiger partial charge in [0.15, 0.2) is 0 Å². The molecule has 2 N–H and O–H groups in total. The molecule has 4 rings (SSSR count). The predicted octanol–water partition coefficient (Wildman–Crippen LogP) is 5.62.